The minimum atomic E-state index is -0.972. The molecule has 3 rings (SSSR count). The first kappa shape index (κ1) is 14.9. The predicted octanol–water partition coefficient (Wildman–Crippen LogP) is 1.49. The summed E-state index contributed by atoms with van der Waals surface area (Å²) in [6.45, 7) is 1.19. The molecule has 23 heavy (non-hydrogen) atoms. The topological polar surface area (TPSA) is 86.3 Å². The van der Waals surface area contributed by atoms with Gasteiger partial charge >= 0.3 is 5.97 Å². The summed E-state index contributed by atoms with van der Waals surface area (Å²) in [6, 6.07) is 9.50. The van der Waals surface area contributed by atoms with Crippen molar-refractivity contribution in [1.29, 1.82) is 5.26 Å². The minimum absolute atomic E-state index is 0.112. The molecule has 1 aromatic heterocycles. The summed E-state index contributed by atoms with van der Waals surface area (Å²) in [6.07, 6.45) is 2.78. The highest BCUT2D eigenvalue weighted by Crippen LogP contribution is 2.33. The number of benzene rings is 1. The molecule has 2 aromatic rings. The largest absolute Gasteiger partial charge is 0.478 e. The van der Waals surface area contributed by atoms with Crippen molar-refractivity contribution in [1.82, 2.24) is 4.57 Å². The number of aliphatic carboxylic acids is 1. The number of fused-ring (bicyclic) bond motifs is 1. The first-order valence-corrected chi connectivity index (χ1v) is 7.21. The molecule has 0 unspecified atom stereocenters. The Bertz CT molecular complexity index is 915. The third-order valence-corrected chi connectivity index (χ3v) is 4.12. The number of hydrogen-bond donors (Lipinski definition) is 1. The first-order chi connectivity index (χ1) is 11.0. The molecule has 1 fully saturated rings. The molecule has 1 aromatic carbocycles. The lowest BCUT2D eigenvalue weighted by atomic mass is 9.96. The van der Waals surface area contributed by atoms with Gasteiger partial charge in [-0.2, -0.15) is 5.26 Å². The highest BCUT2D eigenvalue weighted by molar-refractivity contribution is 5.95. The molecule has 6 nitrogen and oxygen atoms in total. The van der Waals surface area contributed by atoms with E-state index in [0.29, 0.717) is 18.8 Å². The predicted molar refractivity (Wildman–Crippen MR) is 86.4 cm³/mol. The van der Waals surface area contributed by atoms with Crippen LogP contribution in [0.25, 0.3) is 10.9 Å². The van der Waals surface area contributed by atoms with Gasteiger partial charge in [0, 0.05) is 37.5 Å². The van der Waals surface area contributed by atoms with Gasteiger partial charge in [0.1, 0.15) is 11.6 Å². The maximum Gasteiger partial charge on any atom is 0.327 e. The van der Waals surface area contributed by atoms with E-state index >= 15 is 0 Å². The molecule has 1 saturated heterocycles. The van der Waals surface area contributed by atoms with Crippen LogP contribution in [0.4, 0.5) is 5.69 Å². The van der Waals surface area contributed by atoms with Gasteiger partial charge in [-0.05, 0) is 6.07 Å². The van der Waals surface area contributed by atoms with Crippen LogP contribution >= 0.6 is 0 Å². The molecule has 1 aliphatic heterocycles. The Balaban J connectivity index is 2.05. The van der Waals surface area contributed by atoms with E-state index in [-0.39, 0.29) is 17.0 Å². The third-order valence-electron chi connectivity index (χ3n) is 4.12. The number of carboxylic acid groups (broad SMARTS) is 1. The van der Waals surface area contributed by atoms with Crippen molar-refractivity contribution < 1.29 is 9.90 Å². The first-order valence-electron chi connectivity index (χ1n) is 7.21. The zero-order valence-electron chi connectivity index (χ0n) is 12.6. The van der Waals surface area contributed by atoms with Gasteiger partial charge in [-0.15, -0.1) is 0 Å². The second-order valence-corrected chi connectivity index (χ2v) is 5.58. The van der Waals surface area contributed by atoms with E-state index in [1.54, 1.807) is 13.1 Å². The smallest absolute Gasteiger partial charge is 0.327 e. The molecule has 6 heteroatoms. The molecule has 0 atom stereocenters. The number of pyridine rings is 1. The van der Waals surface area contributed by atoms with Crippen LogP contribution in [-0.4, -0.2) is 28.7 Å². The highest BCUT2D eigenvalue weighted by atomic mass is 16.4. The number of hydrogen-bond acceptors (Lipinski definition) is 4. The molecule has 0 amide bonds. The van der Waals surface area contributed by atoms with Gasteiger partial charge in [0.15, 0.2) is 0 Å². The fourth-order valence-corrected chi connectivity index (χ4v) is 2.94. The van der Waals surface area contributed by atoms with Crippen LogP contribution in [-0.2, 0) is 11.8 Å². The fourth-order valence-electron chi connectivity index (χ4n) is 2.94. The summed E-state index contributed by atoms with van der Waals surface area (Å²) >= 11 is 0. The Morgan fingerprint density at radius 1 is 1.39 bits per heavy atom. The Kier molecular flexibility index (Phi) is 3.62. The van der Waals surface area contributed by atoms with Crippen LogP contribution in [0.1, 0.15) is 5.56 Å². The molecular formula is C17H15N3O3. The van der Waals surface area contributed by atoms with Gasteiger partial charge in [-0.1, -0.05) is 24.3 Å². The number of carboxylic acids is 1. The summed E-state index contributed by atoms with van der Waals surface area (Å²) in [5.41, 5.74) is 1.24. The number of anilines is 1. The van der Waals surface area contributed by atoms with Gasteiger partial charge in [0.05, 0.1) is 11.2 Å². The van der Waals surface area contributed by atoms with Crippen molar-refractivity contribution in [3.05, 3.63) is 52.3 Å². The van der Waals surface area contributed by atoms with Crippen LogP contribution in [0.2, 0.25) is 0 Å². The highest BCUT2D eigenvalue weighted by Gasteiger charge is 2.29. The number of carbonyl (C=O) groups is 1. The van der Waals surface area contributed by atoms with Crippen LogP contribution in [0.5, 0.6) is 0 Å². The number of nitrogens with zero attached hydrogens (tertiary/aromatic N) is 3. The monoisotopic (exact) mass is 309 g/mol. The Hall–Kier alpha value is -3.07. The lowest BCUT2D eigenvalue weighted by molar-refractivity contribution is -0.131. The normalized spacial score (nSPS) is 14.9. The summed E-state index contributed by atoms with van der Waals surface area (Å²) in [5, 5.41) is 18.9. The van der Waals surface area contributed by atoms with E-state index in [4.69, 9.17) is 5.11 Å². The molecule has 0 aliphatic carbocycles. The number of nitriles is 1. The lowest BCUT2D eigenvalue weighted by Gasteiger charge is -2.40. The van der Waals surface area contributed by atoms with Crippen molar-refractivity contribution in [3.8, 4) is 6.07 Å². The summed E-state index contributed by atoms with van der Waals surface area (Å²) in [7, 11) is 1.66. The second kappa shape index (κ2) is 5.61. The summed E-state index contributed by atoms with van der Waals surface area (Å²) in [5.74, 6) is -0.861. The van der Waals surface area contributed by atoms with E-state index in [1.807, 2.05) is 35.2 Å². The summed E-state index contributed by atoms with van der Waals surface area (Å²) in [4.78, 5) is 24.9. The van der Waals surface area contributed by atoms with E-state index < -0.39 is 5.97 Å². The lowest BCUT2D eigenvalue weighted by Crippen LogP contribution is -2.47. The molecule has 2 heterocycles. The maximum atomic E-state index is 12.4. The van der Waals surface area contributed by atoms with Crippen LogP contribution in [0, 0.1) is 17.2 Å². The van der Waals surface area contributed by atoms with Crippen molar-refractivity contribution in [3.63, 3.8) is 0 Å². The molecule has 116 valence electrons. The molecule has 0 bridgehead atoms. The zero-order valence-corrected chi connectivity index (χ0v) is 12.6. The van der Waals surface area contributed by atoms with Crippen molar-refractivity contribution in [2.45, 2.75) is 0 Å². The van der Waals surface area contributed by atoms with Crippen LogP contribution in [0.15, 0.2) is 41.2 Å². The van der Waals surface area contributed by atoms with E-state index in [2.05, 4.69) is 0 Å². The Morgan fingerprint density at radius 2 is 2.09 bits per heavy atom. The Labute approximate surface area is 132 Å². The fraction of sp³-hybridized carbons (Fsp3) is 0.235. The minimum Gasteiger partial charge on any atom is -0.478 e. The molecule has 0 saturated carbocycles. The van der Waals surface area contributed by atoms with E-state index in [9.17, 15) is 14.9 Å². The average Bonchev–Trinajstić information content (AvgIpc) is 2.50. The molecule has 1 N–H and O–H groups in total. The maximum absolute atomic E-state index is 12.4. The van der Waals surface area contributed by atoms with Gasteiger partial charge in [-0.3, -0.25) is 4.79 Å². The number of aromatic nitrogens is 1. The van der Waals surface area contributed by atoms with Gasteiger partial charge in [-0.25, -0.2) is 4.79 Å². The van der Waals surface area contributed by atoms with Gasteiger partial charge < -0.3 is 14.6 Å². The van der Waals surface area contributed by atoms with E-state index in [1.165, 1.54) is 4.57 Å². The van der Waals surface area contributed by atoms with E-state index in [0.717, 1.165) is 17.0 Å². The van der Waals surface area contributed by atoms with Gasteiger partial charge in [0.2, 0.25) is 0 Å². The average molecular weight is 309 g/mol. The quantitative estimate of drug-likeness (QED) is 0.868. The molecular weight excluding hydrogens is 294 g/mol. The van der Waals surface area contributed by atoms with Crippen molar-refractivity contribution >= 4 is 22.6 Å². The third kappa shape index (κ3) is 2.46. The summed E-state index contributed by atoms with van der Waals surface area (Å²) < 4.78 is 1.49. The number of para-hydroxylation sites is 1. The van der Waals surface area contributed by atoms with Gasteiger partial charge in [0.25, 0.3) is 5.56 Å². The number of rotatable bonds is 3. The molecule has 1 aliphatic rings. The SMILES string of the molecule is Cn1c(=O)c(C#N)c(N2CC(C=CC(=O)O)C2)c2ccccc21. The Morgan fingerprint density at radius 3 is 2.74 bits per heavy atom. The van der Waals surface area contributed by atoms with Crippen molar-refractivity contribution in [2.75, 3.05) is 18.0 Å². The van der Waals surface area contributed by atoms with Crippen molar-refractivity contribution in [2.24, 2.45) is 13.0 Å². The molecule has 0 radical (unpaired) electrons. The second-order valence-electron chi connectivity index (χ2n) is 5.58. The van der Waals surface area contributed by atoms with Crippen LogP contribution in [0.3, 0.4) is 0 Å². The standard InChI is InChI=1S/C17H15N3O3/c1-19-14-5-3-2-4-12(14)16(13(8-18)17(19)23)20-9-11(10-20)6-7-15(21)22/h2-7,11H,9-10H2,1H3,(H,21,22). The van der Waals surface area contributed by atoms with Crippen LogP contribution < -0.4 is 10.5 Å². The molecule has 0 spiro atoms. The zero-order chi connectivity index (χ0) is 16.6. The number of aryl methyl sites for hydroxylation is 1.